The molecule has 1 heterocycles. The largest absolute Gasteiger partial charge is 0.319 e. The van der Waals surface area contributed by atoms with E-state index < -0.39 is 10.0 Å². The van der Waals surface area contributed by atoms with Gasteiger partial charge in [-0.2, -0.15) is 0 Å². The van der Waals surface area contributed by atoms with Gasteiger partial charge in [0.25, 0.3) is 0 Å². The lowest BCUT2D eigenvalue weighted by atomic mass is 9.72. The van der Waals surface area contributed by atoms with Crippen molar-refractivity contribution in [3.05, 3.63) is 0 Å². The first kappa shape index (κ1) is 18.9. The zero-order valence-corrected chi connectivity index (χ0v) is 15.1. The van der Waals surface area contributed by atoms with Crippen molar-refractivity contribution in [3.63, 3.8) is 0 Å². The van der Waals surface area contributed by atoms with Crippen molar-refractivity contribution >= 4 is 10.0 Å². The van der Waals surface area contributed by atoms with Crippen LogP contribution in [0.3, 0.4) is 0 Å². The molecule has 0 aromatic heterocycles. The highest BCUT2D eigenvalue weighted by atomic mass is 32.2. The van der Waals surface area contributed by atoms with Gasteiger partial charge in [0.2, 0.25) is 10.0 Å². The molecule has 0 amide bonds. The highest BCUT2D eigenvalue weighted by Gasteiger charge is 2.34. The monoisotopic (exact) mass is 318 g/mol. The normalized spacial score (nSPS) is 23.9. The van der Waals surface area contributed by atoms with Crippen molar-refractivity contribution in [2.24, 2.45) is 11.3 Å². The van der Waals surface area contributed by atoms with Crippen LogP contribution in [0.15, 0.2) is 0 Å². The van der Waals surface area contributed by atoms with E-state index in [-0.39, 0.29) is 0 Å². The fourth-order valence-electron chi connectivity index (χ4n) is 3.74. The molecule has 5 heteroatoms. The average molecular weight is 319 g/mol. The standard InChI is InChI=1S/C16H34N2O2S/c1-5-7-10-16(6-2,14-17-3)12-15-9-8-11-18(13-15)21(4,19)20/h15,17H,5-14H2,1-4H3. The van der Waals surface area contributed by atoms with Crippen LogP contribution in [0.1, 0.15) is 58.8 Å². The Morgan fingerprint density at radius 1 is 1.33 bits per heavy atom. The number of nitrogens with zero attached hydrogens (tertiary/aromatic N) is 1. The average Bonchev–Trinajstić information content (AvgIpc) is 2.44. The fourth-order valence-corrected chi connectivity index (χ4v) is 4.68. The van der Waals surface area contributed by atoms with Crippen LogP contribution >= 0.6 is 0 Å². The van der Waals surface area contributed by atoms with Gasteiger partial charge >= 0.3 is 0 Å². The van der Waals surface area contributed by atoms with E-state index in [2.05, 4.69) is 19.2 Å². The molecule has 0 aliphatic carbocycles. The maximum absolute atomic E-state index is 11.8. The van der Waals surface area contributed by atoms with Crippen LogP contribution in [-0.2, 0) is 10.0 Å². The Morgan fingerprint density at radius 3 is 2.57 bits per heavy atom. The molecule has 0 radical (unpaired) electrons. The second-order valence-electron chi connectivity index (χ2n) is 6.82. The lowest BCUT2D eigenvalue weighted by Gasteiger charge is -2.39. The first-order valence-corrected chi connectivity index (χ1v) is 10.3. The van der Waals surface area contributed by atoms with Crippen molar-refractivity contribution in [2.45, 2.75) is 58.8 Å². The van der Waals surface area contributed by atoms with Crippen LogP contribution in [-0.4, -0.2) is 45.7 Å². The van der Waals surface area contributed by atoms with Gasteiger partial charge in [-0.3, -0.25) is 0 Å². The molecule has 1 saturated heterocycles. The molecule has 1 aliphatic heterocycles. The quantitative estimate of drug-likeness (QED) is 0.711. The summed E-state index contributed by atoms with van der Waals surface area (Å²) in [7, 11) is -1.00. The molecular formula is C16H34N2O2S. The Bertz CT molecular complexity index is 397. The smallest absolute Gasteiger partial charge is 0.211 e. The molecule has 0 saturated carbocycles. The number of nitrogens with one attached hydrogen (secondary N) is 1. The van der Waals surface area contributed by atoms with E-state index in [9.17, 15) is 8.42 Å². The molecular weight excluding hydrogens is 284 g/mol. The molecule has 0 aromatic rings. The third kappa shape index (κ3) is 5.87. The maximum atomic E-state index is 11.8. The number of hydrogen-bond donors (Lipinski definition) is 1. The minimum absolute atomic E-state index is 0.329. The number of piperidine rings is 1. The van der Waals surface area contributed by atoms with Gasteiger partial charge in [0.05, 0.1) is 6.26 Å². The number of hydrogen-bond acceptors (Lipinski definition) is 3. The summed E-state index contributed by atoms with van der Waals surface area (Å²) in [6.45, 7) is 6.99. The van der Waals surface area contributed by atoms with Crippen LogP contribution in [0, 0.1) is 11.3 Å². The van der Waals surface area contributed by atoms with Gasteiger partial charge in [0, 0.05) is 19.6 Å². The molecule has 1 aliphatic rings. The predicted molar refractivity (Wildman–Crippen MR) is 89.9 cm³/mol. The molecule has 126 valence electrons. The SMILES string of the molecule is CCCCC(CC)(CNC)CC1CCCN(S(C)(=O)=O)C1. The van der Waals surface area contributed by atoms with E-state index in [1.807, 2.05) is 7.05 Å². The van der Waals surface area contributed by atoms with Crippen molar-refractivity contribution in [1.29, 1.82) is 0 Å². The van der Waals surface area contributed by atoms with Crippen LogP contribution in [0.4, 0.5) is 0 Å². The number of sulfonamides is 1. The van der Waals surface area contributed by atoms with E-state index in [4.69, 9.17) is 0 Å². The number of rotatable bonds is 9. The van der Waals surface area contributed by atoms with E-state index in [0.717, 1.165) is 25.9 Å². The second-order valence-corrected chi connectivity index (χ2v) is 8.80. The molecule has 1 rings (SSSR count). The zero-order valence-electron chi connectivity index (χ0n) is 14.3. The van der Waals surface area contributed by atoms with Gasteiger partial charge < -0.3 is 5.32 Å². The van der Waals surface area contributed by atoms with Gasteiger partial charge in [-0.25, -0.2) is 12.7 Å². The van der Waals surface area contributed by atoms with Crippen molar-refractivity contribution in [3.8, 4) is 0 Å². The predicted octanol–water partition coefficient (Wildman–Crippen LogP) is 2.85. The Kier molecular flexibility index (Phi) is 7.65. The zero-order chi connectivity index (χ0) is 15.9. The Hall–Kier alpha value is -0.130. The van der Waals surface area contributed by atoms with Crippen molar-refractivity contribution in [2.75, 3.05) is 32.9 Å². The highest BCUT2D eigenvalue weighted by molar-refractivity contribution is 7.88. The van der Waals surface area contributed by atoms with Gasteiger partial charge in [-0.15, -0.1) is 0 Å². The maximum Gasteiger partial charge on any atom is 0.211 e. The third-order valence-corrected chi connectivity index (χ3v) is 6.30. The lowest BCUT2D eigenvalue weighted by molar-refractivity contribution is 0.141. The minimum atomic E-state index is -3.03. The Balaban J connectivity index is 2.73. The lowest BCUT2D eigenvalue weighted by Crippen LogP contribution is -2.42. The summed E-state index contributed by atoms with van der Waals surface area (Å²) in [4.78, 5) is 0. The van der Waals surface area contributed by atoms with Crippen LogP contribution < -0.4 is 5.32 Å². The number of unbranched alkanes of at least 4 members (excludes halogenated alkanes) is 1. The molecule has 0 spiro atoms. The molecule has 0 bridgehead atoms. The fraction of sp³-hybridized carbons (Fsp3) is 1.00. The summed E-state index contributed by atoms with van der Waals surface area (Å²) in [5.41, 5.74) is 0.329. The van der Waals surface area contributed by atoms with Crippen LogP contribution in [0.5, 0.6) is 0 Å². The molecule has 1 fully saturated rings. The van der Waals surface area contributed by atoms with Gasteiger partial charge in [-0.05, 0) is 50.5 Å². The molecule has 21 heavy (non-hydrogen) atoms. The summed E-state index contributed by atoms with van der Waals surface area (Å²) < 4.78 is 25.2. The second kappa shape index (κ2) is 8.49. The van der Waals surface area contributed by atoms with E-state index in [1.54, 1.807) is 4.31 Å². The summed E-state index contributed by atoms with van der Waals surface area (Å²) in [5.74, 6) is 0.513. The highest BCUT2D eigenvalue weighted by Crippen LogP contribution is 2.38. The van der Waals surface area contributed by atoms with Gasteiger partial charge in [-0.1, -0.05) is 26.7 Å². The van der Waals surface area contributed by atoms with Crippen LogP contribution in [0.25, 0.3) is 0 Å². The summed E-state index contributed by atoms with van der Waals surface area (Å²) in [6.07, 6.45) is 9.57. The van der Waals surface area contributed by atoms with Crippen molar-refractivity contribution < 1.29 is 8.42 Å². The Morgan fingerprint density at radius 2 is 2.05 bits per heavy atom. The Labute approximate surface area is 131 Å². The molecule has 2 atom stereocenters. The van der Waals surface area contributed by atoms with E-state index in [1.165, 1.54) is 38.4 Å². The topological polar surface area (TPSA) is 49.4 Å². The molecule has 1 N–H and O–H groups in total. The molecule has 0 aromatic carbocycles. The first-order valence-electron chi connectivity index (χ1n) is 8.46. The molecule has 4 nitrogen and oxygen atoms in total. The minimum Gasteiger partial charge on any atom is -0.319 e. The van der Waals surface area contributed by atoms with Crippen molar-refractivity contribution in [1.82, 2.24) is 9.62 Å². The summed E-state index contributed by atoms with van der Waals surface area (Å²) in [5, 5.41) is 3.37. The van der Waals surface area contributed by atoms with E-state index >= 15 is 0 Å². The van der Waals surface area contributed by atoms with Crippen LogP contribution in [0.2, 0.25) is 0 Å². The van der Waals surface area contributed by atoms with E-state index in [0.29, 0.717) is 17.9 Å². The summed E-state index contributed by atoms with van der Waals surface area (Å²) in [6, 6.07) is 0. The van der Waals surface area contributed by atoms with Gasteiger partial charge in [0.1, 0.15) is 0 Å². The summed E-state index contributed by atoms with van der Waals surface area (Å²) >= 11 is 0. The first-order chi connectivity index (χ1) is 9.87. The molecule has 2 unspecified atom stereocenters. The third-order valence-electron chi connectivity index (χ3n) is 5.03. The van der Waals surface area contributed by atoms with Gasteiger partial charge in [0.15, 0.2) is 0 Å².